The second-order valence-electron chi connectivity index (χ2n) is 7.75. The number of aromatic nitrogens is 2. The quantitative estimate of drug-likeness (QED) is 0.622. The Morgan fingerprint density at radius 1 is 1.41 bits per heavy atom. The van der Waals surface area contributed by atoms with Crippen LogP contribution in [0.25, 0.3) is 21.9 Å². The van der Waals surface area contributed by atoms with Crippen LogP contribution in [-0.4, -0.2) is 40.9 Å². The molecule has 1 aliphatic heterocycles. The molecule has 2 aliphatic rings. The van der Waals surface area contributed by atoms with E-state index >= 15 is 4.39 Å². The number of pyridine rings is 1. The van der Waals surface area contributed by atoms with E-state index in [-0.39, 0.29) is 40.0 Å². The van der Waals surface area contributed by atoms with Crippen molar-refractivity contribution >= 4 is 27.6 Å². The van der Waals surface area contributed by atoms with E-state index in [0.717, 1.165) is 19.3 Å². The van der Waals surface area contributed by atoms with Crippen molar-refractivity contribution in [3.8, 4) is 17.6 Å². The molecule has 1 atom stereocenters. The Labute approximate surface area is 164 Å². The summed E-state index contributed by atoms with van der Waals surface area (Å²) in [5.74, 6) is -0.705. The van der Waals surface area contributed by atoms with Crippen molar-refractivity contribution in [2.45, 2.75) is 31.3 Å². The Balaban J connectivity index is 1.95. The van der Waals surface area contributed by atoms with Crippen LogP contribution in [0.15, 0.2) is 10.9 Å². The van der Waals surface area contributed by atoms with Crippen LogP contribution in [0.4, 0.5) is 10.1 Å². The zero-order valence-electron chi connectivity index (χ0n) is 15.8. The van der Waals surface area contributed by atoms with E-state index in [2.05, 4.69) is 4.98 Å². The highest BCUT2D eigenvalue weighted by atomic mass is 19.1. The van der Waals surface area contributed by atoms with Gasteiger partial charge in [0.15, 0.2) is 23.0 Å². The minimum atomic E-state index is -0.572. The number of methoxy groups -OCH3 is 1. The van der Waals surface area contributed by atoms with Crippen LogP contribution < -0.4 is 20.8 Å². The van der Waals surface area contributed by atoms with Gasteiger partial charge in [-0.1, -0.05) is 0 Å². The molecular weight excluding hydrogens is 377 g/mol. The van der Waals surface area contributed by atoms with Crippen molar-refractivity contribution in [1.29, 1.82) is 5.26 Å². The zero-order chi connectivity index (χ0) is 20.4. The van der Waals surface area contributed by atoms with Gasteiger partial charge in [-0.25, -0.2) is 4.39 Å². The predicted molar refractivity (Wildman–Crippen MR) is 106 cm³/mol. The van der Waals surface area contributed by atoms with Crippen molar-refractivity contribution in [1.82, 2.24) is 9.55 Å². The van der Waals surface area contributed by atoms with Gasteiger partial charge >= 0.3 is 0 Å². The van der Waals surface area contributed by atoms with Gasteiger partial charge in [0, 0.05) is 25.2 Å². The summed E-state index contributed by atoms with van der Waals surface area (Å²) in [6, 6.07) is 3.09. The van der Waals surface area contributed by atoms with Gasteiger partial charge in [-0.05, 0) is 25.3 Å². The third kappa shape index (κ3) is 2.42. The molecule has 1 unspecified atom stereocenters. The van der Waals surface area contributed by atoms with Crippen molar-refractivity contribution in [3.05, 3.63) is 27.8 Å². The second-order valence-corrected chi connectivity index (χ2v) is 7.75. The van der Waals surface area contributed by atoms with E-state index in [1.54, 1.807) is 0 Å². The lowest BCUT2D eigenvalue weighted by atomic mass is 10.1. The first kappa shape index (κ1) is 17.8. The van der Waals surface area contributed by atoms with Crippen molar-refractivity contribution < 1.29 is 14.2 Å². The van der Waals surface area contributed by atoms with Gasteiger partial charge in [0.2, 0.25) is 5.43 Å². The maximum Gasteiger partial charge on any atom is 0.202 e. The lowest BCUT2D eigenvalue weighted by molar-refractivity contribution is 0.414. The summed E-state index contributed by atoms with van der Waals surface area (Å²) in [4.78, 5) is 17.9. The van der Waals surface area contributed by atoms with Gasteiger partial charge in [0.1, 0.15) is 22.8 Å². The number of nitrogens with two attached hydrogens (primary N) is 1. The molecule has 8 nitrogen and oxygen atoms in total. The first-order valence-corrected chi connectivity index (χ1v) is 9.56. The number of nitrogens with zero attached hydrogens (tertiary/aromatic N) is 3. The van der Waals surface area contributed by atoms with Gasteiger partial charge in [0.05, 0.1) is 18.0 Å². The maximum absolute atomic E-state index is 15.2. The van der Waals surface area contributed by atoms with Crippen LogP contribution in [0, 0.1) is 17.1 Å². The number of anilines is 1. The van der Waals surface area contributed by atoms with E-state index in [1.165, 1.54) is 13.2 Å². The first-order chi connectivity index (χ1) is 14.0. The van der Waals surface area contributed by atoms with Crippen LogP contribution in [-0.2, 0) is 0 Å². The molecule has 0 radical (unpaired) electrons. The van der Waals surface area contributed by atoms with Crippen molar-refractivity contribution in [2.75, 3.05) is 25.1 Å². The highest BCUT2D eigenvalue weighted by molar-refractivity contribution is 6.01. The van der Waals surface area contributed by atoms with Gasteiger partial charge < -0.3 is 30.0 Å². The molecule has 29 heavy (non-hydrogen) atoms. The summed E-state index contributed by atoms with van der Waals surface area (Å²) in [6.07, 6.45) is 2.49. The lowest BCUT2D eigenvalue weighted by Crippen LogP contribution is -2.27. The summed E-state index contributed by atoms with van der Waals surface area (Å²) in [5.41, 5.74) is 6.50. The molecule has 1 saturated heterocycles. The number of ether oxygens (including phenoxy) is 1. The number of aromatic amines is 1. The van der Waals surface area contributed by atoms with E-state index in [9.17, 15) is 15.2 Å². The molecule has 1 aromatic carbocycles. The Bertz CT molecular complexity index is 1270. The van der Waals surface area contributed by atoms with Gasteiger partial charge in [-0.3, -0.25) is 4.79 Å². The number of fused-ring (bicyclic) bond motifs is 2. The van der Waals surface area contributed by atoms with Gasteiger partial charge in [0.25, 0.3) is 0 Å². The summed E-state index contributed by atoms with van der Waals surface area (Å²) < 4.78 is 22.7. The number of nitrogens with one attached hydrogen (secondary N) is 1. The monoisotopic (exact) mass is 397 g/mol. The predicted octanol–water partition coefficient (Wildman–Crippen LogP) is 2.08. The fraction of sp³-hybridized carbons (Fsp3) is 0.400. The zero-order valence-corrected chi connectivity index (χ0v) is 15.8. The maximum atomic E-state index is 15.2. The molecule has 1 aliphatic carbocycles. The Morgan fingerprint density at radius 3 is 2.76 bits per heavy atom. The average molecular weight is 397 g/mol. The average Bonchev–Trinajstić information content (AvgIpc) is 3.36. The molecule has 5 rings (SSSR count). The third-order valence-corrected chi connectivity index (χ3v) is 5.86. The number of H-pyrrole nitrogens is 1. The summed E-state index contributed by atoms with van der Waals surface area (Å²) in [7, 11) is 1.45. The first-order valence-electron chi connectivity index (χ1n) is 9.56. The summed E-state index contributed by atoms with van der Waals surface area (Å²) in [5, 5.41) is 19.8. The van der Waals surface area contributed by atoms with Crippen LogP contribution in [0.3, 0.4) is 0 Å². The number of halogens is 1. The molecule has 3 heterocycles. The second kappa shape index (κ2) is 6.12. The standard InChI is InChI=1S/C20H20FN5O3/c1-29-19-15-11(6-12(21)16(19)25-5-4-9(23)8-25)17(27)14-18(28)13(7-22)24-20(14)26(15)10-2-3-10/h6,9-10,24,28H,2-5,8,23H2,1H3. The van der Waals surface area contributed by atoms with E-state index in [4.69, 9.17) is 10.5 Å². The molecule has 4 N–H and O–H groups in total. The van der Waals surface area contributed by atoms with E-state index < -0.39 is 17.0 Å². The highest BCUT2D eigenvalue weighted by Crippen LogP contribution is 2.46. The summed E-state index contributed by atoms with van der Waals surface area (Å²) >= 11 is 0. The van der Waals surface area contributed by atoms with Gasteiger partial charge in [-0.15, -0.1) is 0 Å². The fourth-order valence-corrected chi connectivity index (χ4v) is 4.40. The normalized spacial score (nSPS) is 19.2. The molecule has 2 fully saturated rings. The SMILES string of the molecule is COc1c(N2CCC(N)C2)c(F)cc2c(=O)c3c(O)c(C#N)[nH]c3n(C3CC3)c12. The molecule has 3 aromatic rings. The Kier molecular flexibility index (Phi) is 3.76. The molecule has 2 aromatic heterocycles. The molecule has 0 bridgehead atoms. The highest BCUT2D eigenvalue weighted by Gasteiger charge is 2.34. The minimum Gasteiger partial charge on any atom is -0.504 e. The van der Waals surface area contributed by atoms with Crippen molar-refractivity contribution in [3.63, 3.8) is 0 Å². The summed E-state index contributed by atoms with van der Waals surface area (Å²) in [6.45, 7) is 1.09. The number of rotatable bonds is 3. The molecular formula is C20H20FN5O3. The smallest absolute Gasteiger partial charge is 0.202 e. The van der Waals surface area contributed by atoms with E-state index in [0.29, 0.717) is 24.3 Å². The molecule has 0 spiro atoms. The van der Waals surface area contributed by atoms with Crippen molar-refractivity contribution in [2.24, 2.45) is 5.73 Å². The molecule has 150 valence electrons. The van der Waals surface area contributed by atoms with E-state index in [1.807, 2.05) is 15.5 Å². The largest absolute Gasteiger partial charge is 0.504 e. The number of nitriles is 1. The Morgan fingerprint density at radius 2 is 2.17 bits per heavy atom. The fourth-order valence-electron chi connectivity index (χ4n) is 4.40. The molecule has 9 heteroatoms. The Hall–Kier alpha value is -3.25. The van der Waals surface area contributed by atoms with Crippen LogP contribution in [0.2, 0.25) is 0 Å². The topological polar surface area (TPSA) is 120 Å². The minimum absolute atomic E-state index is 0.00153. The number of hydrogen-bond donors (Lipinski definition) is 3. The van der Waals surface area contributed by atoms with Gasteiger partial charge in [-0.2, -0.15) is 5.26 Å². The van der Waals surface area contributed by atoms with Crippen LogP contribution in [0.5, 0.6) is 11.5 Å². The van der Waals surface area contributed by atoms with Crippen LogP contribution in [0.1, 0.15) is 31.0 Å². The number of benzene rings is 1. The third-order valence-electron chi connectivity index (χ3n) is 5.86. The van der Waals surface area contributed by atoms with Crippen LogP contribution >= 0.6 is 0 Å². The molecule has 1 saturated carbocycles. The number of aromatic hydroxyl groups is 1. The lowest BCUT2D eigenvalue weighted by Gasteiger charge is -2.24. The number of hydrogen-bond acceptors (Lipinski definition) is 6. The molecule has 0 amide bonds.